The van der Waals surface area contributed by atoms with Gasteiger partial charge in [0.15, 0.2) is 11.5 Å². The molecule has 0 aliphatic heterocycles. The van der Waals surface area contributed by atoms with Crippen LogP contribution >= 0.6 is 34.2 Å². The number of carbonyl (C=O) groups is 2. The molecule has 0 radical (unpaired) electrons. The Morgan fingerprint density at radius 1 is 1.09 bits per heavy atom. The molecule has 0 spiro atoms. The zero-order valence-corrected chi connectivity index (χ0v) is 27.1. The number of carbonyl (C=O) groups excluding carboxylic acids is 2. The molecule has 0 saturated heterocycles. The molecule has 3 heterocycles. The van der Waals surface area contributed by atoms with E-state index in [2.05, 4.69) is 30.9 Å². The van der Waals surface area contributed by atoms with Crippen molar-refractivity contribution in [2.45, 2.75) is 57.3 Å². The van der Waals surface area contributed by atoms with Crippen LogP contribution in [0.25, 0.3) is 5.82 Å². The van der Waals surface area contributed by atoms with Gasteiger partial charge in [-0.1, -0.05) is 11.6 Å². The molecule has 2 amide bonds. The third-order valence-corrected chi connectivity index (χ3v) is 8.23. The van der Waals surface area contributed by atoms with Crippen LogP contribution in [-0.4, -0.2) is 59.7 Å². The van der Waals surface area contributed by atoms with Crippen molar-refractivity contribution in [1.29, 1.82) is 0 Å². The van der Waals surface area contributed by atoms with Gasteiger partial charge in [-0.3, -0.25) is 9.59 Å². The SMILES string of the molecule is Cc1cc(I)cc(C(=O)NC(C)C2CC2)c1NC(=O)c1cc(Cn2ncc(C(F)(F)C(F)(F)C(F)(F)F)n2)nn1-c1ncccc1Cl. The van der Waals surface area contributed by atoms with Crippen LogP contribution < -0.4 is 10.6 Å². The summed E-state index contributed by atoms with van der Waals surface area (Å²) in [7, 11) is 0. The maximum Gasteiger partial charge on any atom is 0.460 e. The van der Waals surface area contributed by atoms with E-state index in [1.807, 2.05) is 29.5 Å². The molecule has 1 aliphatic rings. The Bertz CT molecular complexity index is 1840. The third kappa shape index (κ3) is 6.93. The standard InChI is InChI=1S/C28H23ClF7IN8O2/c1-13-8-16(37)9-18(24(46)40-14(2)15-5-6-15)22(13)41-25(47)20-10-17(42-45(20)23-19(29)4-3-7-38-23)12-44-39-11-21(43-44)26(30,31)27(32,33)28(34,35)36/h3-4,7-11,14-15H,5-6,12H2,1-2H3,(H,40,46)(H,41,47). The topological polar surface area (TPSA) is 120 Å². The lowest BCUT2D eigenvalue weighted by Gasteiger charge is -2.26. The minimum atomic E-state index is -6.56. The number of aryl methyl sites for hydroxylation is 1. The fraction of sp³-hybridized carbons (Fsp3) is 0.357. The highest BCUT2D eigenvalue weighted by atomic mass is 127. The molecule has 1 aromatic carbocycles. The fourth-order valence-electron chi connectivity index (χ4n) is 4.63. The summed E-state index contributed by atoms with van der Waals surface area (Å²) in [6.45, 7) is 2.95. The number of hydrogen-bond acceptors (Lipinski definition) is 6. The highest BCUT2D eigenvalue weighted by Gasteiger charge is 2.74. The van der Waals surface area contributed by atoms with Crippen molar-refractivity contribution in [1.82, 2.24) is 35.1 Å². The van der Waals surface area contributed by atoms with Crippen molar-refractivity contribution in [2.75, 3.05) is 5.32 Å². The largest absolute Gasteiger partial charge is 0.460 e. The van der Waals surface area contributed by atoms with Crippen molar-refractivity contribution >= 4 is 51.7 Å². The Balaban J connectivity index is 1.48. The average molecular weight is 799 g/mol. The van der Waals surface area contributed by atoms with E-state index in [9.17, 15) is 40.3 Å². The van der Waals surface area contributed by atoms with E-state index in [4.69, 9.17) is 11.6 Å². The van der Waals surface area contributed by atoms with E-state index in [-0.39, 0.29) is 45.7 Å². The van der Waals surface area contributed by atoms with Gasteiger partial charge in [0.1, 0.15) is 12.2 Å². The van der Waals surface area contributed by atoms with Crippen LogP contribution in [0.5, 0.6) is 0 Å². The van der Waals surface area contributed by atoms with Crippen LogP contribution in [0.15, 0.2) is 42.7 Å². The molecule has 3 aromatic heterocycles. The number of pyridine rings is 1. The minimum absolute atomic E-state index is 0.0356. The van der Waals surface area contributed by atoms with Crippen molar-refractivity contribution in [3.8, 4) is 5.82 Å². The zero-order chi connectivity index (χ0) is 34.5. The molecule has 19 heteroatoms. The maximum atomic E-state index is 14.2. The molecular weight excluding hydrogens is 776 g/mol. The lowest BCUT2D eigenvalue weighted by Crippen LogP contribution is -2.50. The van der Waals surface area contributed by atoms with E-state index in [1.165, 1.54) is 24.4 Å². The van der Waals surface area contributed by atoms with Gasteiger partial charge in [-0.05, 0) is 91.1 Å². The molecule has 1 fully saturated rings. The van der Waals surface area contributed by atoms with Crippen LogP contribution in [0.2, 0.25) is 5.02 Å². The van der Waals surface area contributed by atoms with Crippen LogP contribution in [0.3, 0.4) is 0 Å². The Kier molecular flexibility index (Phi) is 9.30. The smallest absolute Gasteiger partial charge is 0.349 e. The molecule has 1 unspecified atom stereocenters. The average Bonchev–Trinajstić information content (AvgIpc) is 3.59. The van der Waals surface area contributed by atoms with Gasteiger partial charge in [0.25, 0.3) is 11.8 Å². The molecule has 250 valence electrons. The molecule has 1 atom stereocenters. The summed E-state index contributed by atoms with van der Waals surface area (Å²) in [6.07, 6.45) is -3.14. The first-order valence-corrected chi connectivity index (χ1v) is 15.2. The number of alkyl halides is 7. The molecule has 2 N–H and O–H groups in total. The second-order valence-electron chi connectivity index (χ2n) is 10.8. The van der Waals surface area contributed by atoms with Crippen LogP contribution in [0.4, 0.5) is 36.4 Å². The normalized spacial score (nSPS) is 14.6. The van der Waals surface area contributed by atoms with E-state index in [0.29, 0.717) is 16.3 Å². The molecular formula is C28H23ClF7IN8O2. The molecule has 1 saturated carbocycles. The molecule has 47 heavy (non-hydrogen) atoms. The number of benzene rings is 1. The predicted molar refractivity (Wildman–Crippen MR) is 162 cm³/mol. The van der Waals surface area contributed by atoms with Crippen molar-refractivity contribution in [2.24, 2.45) is 5.92 Å². The van der Waals surface area contributed by atoms with Gasteiger partial charge in [-0.15, -0.1) is 0 Å². The number of nitrogens with zero attached hydrogens (tertiary/aromatic N) is 6. The van der Waals surface area contributed by atoms with Gasteiger partial charge in [0, 0.05) is 15.8 Å². The Labute approximate surface area is 280 Å². The van der Waals surface area contributed by atoms with Gasteiger partial charge < -0.3 is 10.6 Å². The van der Waals surface area contributed by atoms with E-state index in [1.54, 1.807) is 19.1 Å². The van der Waals surface area contributed by atoms with Gasteiger partial charge in [-0.25, -0.2) is 9.67 Å². The first kappa shape index (κ1) is 34.5. The van der Waals surface area contributed by atoms with Gasteiger partial charge >= 0.3 is 18.0 Å². The Morgan fingerprint density at radius 3 is 2.43 bits per heavy atom. The monoisotopic (exact) mass is 798 g/mol. The summed E-state index contributed by atoms with van der Waals surface area (Å²) in [5.74, 6) is -13.0. The minimum Gasteiger partial charge on any atom is -0.349 e. The number of hydrogen-bond donors (Lipinski definition) is 2. The quantitative estimate of drug-likeness (QED) is 0.139. The number of rotatable bonds is 10. The molecule has 10 nitrogen and oxygen atoms in total. The second-order valence-corrected chi connectivity index (χ2v) is 12.5. The van der Waals surface area contributed by atoms with Gasteiger partial charge in [0.05, 0.1) is 28.2 Å². The second kappa shape index (κ2) is 12.7. The summed E-state index contributed by atoms with van der Waals surface area (Å²) in [6, 6.07) is 7.39. The van der Waals surface area contributed by atoms with Crippen molar-refractivity contribution in [3.05, 3.63) is 79.5 Å². The van der Waals surface area contributed by atoms with E-state index >= 15 is 0 Å². The van der Waals surface area contributed by atoms with Gasteiger partial charge in [-0.2, -0.15) is 50.8 Å². The Morgan fingerprint density at radius 2 is 1.79 bits per heavy atom. The number of nitrogens with one attached hydrogen (secondary N) is 2. The summed E-state index contributed by atoms with van der Waals surface area (Å²) in [5, 5.41) is 16.5. The van der Waals surface area contributed by atoms with Crippen LogP contribution in [0, 0.1) is 16.4 Å². The zero-order valence-electron chi connectivity index (χ0n) is 24.2. The van der Waals surface area contributed by atoms with Crippen molar-refractivity contribution < 1.29 is 40.3 Å². The summed E-state index contributed by atoms with van der Waals surface area (Å²) >= 11 is 8.34. The molecule has 4 aromatic rings. The van der Waals surface area contributed by atoms with E-state index in [0.717, 1.165) is 21.1 Å². The number of anilines is 1. The van der Waals surface area contributed by atoms with Crippen molar-refractivity contribution in [3.63, 3.8) is 0 Å². The van der Waals surface area contributed by atoms with Gasteiger partial charge in [0.2, 0.25) is 0 Å². The number of halogens is 9. The summed E-state index contributed by atoms with van der Waals surface area (Å²) in [5.41, 5.74) is -1.30. The summed E-state index contributed by atoms with van der Waals surface area (Å²) < 4.78 is 95.2. The highest BCUT2D eigenvalue weighted by molar-refractivity contribution is 14.1. The first-order valence-electron chi connectivity index (χ1n) is 13.8. The third-order valence-electron chi connectivity index (χ3n) is 7.32. The van der Waals surface area contributed by atoms with Crippen LogP contribution in [0.1, 0.15) is 57.6 Å². The molecule has 0 bridgehead atoms. The number of amides is 2. The lowest BCUT2D eigenvalue weighted by atomic mass is 10.1. The molecule has 5 rings (SSSR count). The number of aromatic nitrogens is 6. The highest BCUT2D eigenvalue weighted by Crippen LogP contribution is 2.51. The van der Waals surface area contributed by atoms with E-state index < -0.39 is 42.1 Å². The maximum absolute atomic E-state index is 14.2. The van der Waals surface area contributed by atoms with Crippen LogP contribution in [-0.2, 0) is 12.5 Å². The molecule has 1 aliphatic carbocycles. The Hall–Kier alpha value is -3.81. The first-order chi connectivity index (χ1) is 21.9. The lowest BCUT2D eigenvalue weighted by molar-refractivity contribution is -0.360. The fourth-order valence-corrected chi connectivity index (χ4v) is 5.61. The predicted octanol–water partition coefficient (Wildman–Crippen LogP) is 6.54. The summed E-state index contributed by atoms with van der Waals surface area (Å²) in [4.78, 5) is 31.6.